The lowest BCUT2D eigenvalue weighted by atomic mass is 10.2. The number of amides is 2. The monoisotopic (exact) mass is 386 g/mol. The van der Waals surface area contributed by atoms with Crippen molar-refractivity contribution in [3.05, 3.63) is 34.9 Å². The van der Waals surface area contributed by atoms with Crippen LogP contribution in [0.2, 0.25) is 5.02 Å². The third kappa shape index (κ3) is 5.44. The molecule has 2 rings (SSSR count). The number of hydrogen-bond acceptors (Lipinski definition) is 4. The highest BCUT2D eigenvalue weighted by Gasteiger charge is 2.32. The van der Waals surface area contributed by atoms with E-state index in [2.05, 4.69) is 0 Å². The Kier molecular flexibility index (Phi) is 6.46. The first-order valence-electron chi connectivity index (χ1n) is 8.14. The lowest BCUT2D eigenvalue weighted by Gasteiger charge is -2.26. The average molecular weight is 387 g/mol. The minimum atomic E-state index is -3.04. The van der Waals surface area contributed by atoms with Crippen LogP contribution in [-0.4, -0.2) is 61.2 Å². The fraction of sp³-hybridized carbons (Fsp3) is 0.529. The van der Waals surface area contributed by atoms with Crippen molar-refractivity contribution >= 4 is 33.3 Å². The van der Waals surface area contributed by atoms with E-state index in [-0.39, 0.29) is 42.3 Å². The fourth-order valence-electron chi connectivity index (χ4n) is 2.87. The highest BCUT2D eigenvalue weighted by molar-refractivity contribution is 7.91. The van der Waals surface area contributed by atoms with Crippen molar-refractivity contribution in [2.24, 2.45) is 0 Å². The molecule has 0 aliphatic carbocycles. The van der Waals surface area contributed by atoms with Gasteiger partial charge in [-0.15, -0.1) is 0 Å². The van der Waals surface area contributed by atoms with Crippen LogP contribution in [0.5, 0.6) is 0 Å². The molecule has 1 atom stereocenters. The molecule has 0 aromatic heterocycles. The minimum Gasteiger partial charge on any atom is -0.342 e. The number of nitrogens with zero attached hydrogens (tertiary/aromatic N) is 2. The zero-order valence-corrected chi connectivity index (χ0v) is 16.0. The maximum Gasteiger partial charge on any atom is 0.224 e. The van der Waals surface area contributed by atoms with Gasteiger partial charge < -0.3 is 9.80 Å². The number of sulfone groups is 1. The Bertz CT molecular complexity index is 751. The first kappa shape index (κ1) is 19.7. The predicted molar refractivity (Wildman–Crippen MR) is 97.0 cm³/mol. The maximum atomic E-state index is 12.4. The molecule has 6 nitrogen and oxygen atoms in total. The number of benzene rings is 1. The number of carbonyl (C=O) groups is 2. The van der Waals surface area contributed by atoms with Crippen LogP contribution in [0.4, 0.5) is 0 Å². The average Bonchev–Trinajstić information content (AvgIpc) is 2.91. The Labute approximate surface area is 153 Å². The molecule has 1 fully saturated rings. The predicted octanol–water partition coefficient (Wildman–Crippen LogP) is 1.72. The van der Waals surface area contributed by atoms with Gasteiger partial charge in [-0.25, -0.2) is 8.42 Å². The summed E-state index contributed by atoms with van der Waals surface area (Å²) in [5, 5.41) is 0.577. The van der Waals surface area contributed by atoms with E-state index >= 15 is 0 Å². The number of carbonyl (C=O) groups excluding carboxylic acids is 2. The van der Waals surface area contributed by atoms with E-state index in [9.17, 15) is 18.0 Å². The van der Waals surface area contributed by atoms with E-state index in [1.807, 2.05) is 18.2 Å². The molecule has 25 heavy (non-hydrogen) atoms. The van der Waals surface area contributed by atoms with Gasteiger partial charge in [-0.3, -0.25) is 9.59 Å². The van der Waals surface area contributed by atoms with Crippen molar-refractivity contribution in [3.8, 4) is 0 Å². The summed E-state index contributed by atoms with van der Waals surface area (Å²) in [4.78, 5) is 27.3. The fourth-order valence-corrected chi connectivity index (χ4v) is 4.84. The van der Waals surface area contributed by atoms with Crippen LogP contribution in [0.1, 0.15) is 25.3 Å². The molecule has 0 saturated carbocycles. The molecule has 1 heterocycles. The first-order valence-corrected chi connectivity index (χ1v) is 10.3. The van der Waals surface area contributed by atoms with Gasteiger partial charge in [0.25, 0.3) is 0 Å². The molecule has 0 N–H and O–H groups in total. The standard InChI is InChI=1S/C17H23ClN2O4S/c1-13(21)20(11-14-5-3-4-6-16(14)18)9-7-17(22)19(2)15-8-10-25(23,24)12-15/h3-6,15H,7-12H2,1-2H3. The van der Waals surface area contributed by atoms with Crippen molar-refractivity contribution in [1.82, 2.24) is 9.80 Å². The molecule has 138 valence electrons. The van der Waals surface area contributed by atoms with Gasteiger partial charge in [0.05, 0.1) is 11.5 Å². The Morgan fingerprint density at radius 2 is 1.96 bits per heavy atom. The van der Waals surface area contributed by atoms with E-state index in [0.29, 0.717) is 18.0 Å². The van der Waals surface area contributed by atoms with Crippen molar-refractivity contribution < 1.29 is 18.0 Å². The van der Waals surface area contributed by atoms with E-state index in [1.54, 1.807) is 18.0 Å². The van der Waals surface area contributed by atoms with Crippen LogP contribution in [0.15, 0.2) is 24.3 Å². The molecular formula is C17H23ClN2O4S. The van der Waals surface area contributed by atoms with E-state index < -0.39 is 9.84 Å². The molecule has 8 heteroatoms. The van der Waals surface area contributed by atoms with Crippen LogP contribution in [0.3, 0.4) is 0 Å². The Morgan fingerprint density at radius 1 is 1.28 bits per heavy atom. The van der Waals surface area contributed by atoms with Gasteiger partial charge in [0.1, 0.15) is 0 Å². The van der Waals surface area contributed by atoms with Gasteiger partial charge in [-0.05, 0) is 18.1 Å². The summed E-state index contributed by atoms with van der Waals surface area (Å²) in [7, 11) is -1.41. The summed E-state index contributed by atoms with van der Waals surface area (Å²) >= 11 is 6.13. The SMILES string of the molecule is CC(=O)N(CCC(=O)N(C)C1CCS(=O)(=O)C1)Cc1ccccc1Cl. The van der Waals surface area contributed by atoms with Gasteiger partial charge in [0, 0.05) is 44.5 Å². The van der Waals surface area contributed by atoms with E-state index in [1.165, 1.54) is 11.8 Å². The number of halogens is 1. The van der Waals surface area contributed by atoms with Crippen LogP contribution in [-0.2, 0) is 26.0 Å². The van der Waals surface area contributed by atoms with Crippen LogP contribution in [0, 0.1) is 0 Å². The molecule has 1 aromatic carbocycles. The smallest absolute Gasteiger partial charge is 0.224 e. The Morgan fingerprint density at radius 3 is 2.52 bits per heavy atom. The molecule has 0 radical (unpaired) electrons. The van der Waals surface area contributed by atoms with Crippen LogP contribution < -0.4 is 0 Å². The lowest BCUT2D eigenvalue weighted by Crippen LogP contribution is -2.40. The highest BCUT2D eigenvalue weighted by Crippen LogP contribution is 2.19. The second-order valence-corrected chi connectivity index (χ2v) is 8.98. The van der Waals surface area contributed by atoms with Gasteiger partial charge in [-0.1, -0.05) is 29.8 Å². The van der Waals surface area contributed by atoms with Crippen LogP contribution in [0.25, 0.3) is 0 Å². The molecule has 1 aliphatic rings. The second-order valence-electron chi connectivity index (χ2n) is 6.34. The third-order valence-electron chi connectivity index (χ3n) is 4.51. The summed E-state index contributed by atoms with van der Waals surface area (Å²) < 4.78 is 23.1. The third-order valence-corrected chi connectivity index (χ3v) is 6.63. The zero-order valence-electron chi connectivity index (χ0n) is 14.4. The van der Waals surface area contributed by atoms with Crippen molar-refractivity contribution in [2.75, 3.05) is 25.1 Å². The topological polar surface area (TPSA) is 74.8 Å². The summed E-state index contributed by atoms with van der Waals surface area (Å²) in [5.74, 6) is -0.154. The Balaban J connectivity index is 1.93. The second kappa shape index (κ2) is 8.19. The normalized spacial score (nSPS) is 18.8. The molecule has 1 aromatic rings. The van der Waals surface area contributed by atoms with Gasteiger partial charge in [0.2, 0.25) is 11.8 Å². The van der Waals surface area contributed by atoms with Crippen LogP contribution >= 0.6 is 11.6 Å². The van der Waals surface area contributed by atoms with Gasteiger partial charge in [-0.2, -0.15) is 0 Å². The summed E-state index contributed by atoms with van der Waals surface area (Å²) in [5.41, 5.74) is 0.821. The van der Waals surface area contributed by atoms with E-state index in [0.717, 1.165) is 5.56 Å². The van der Waals surface area contributed by atoms with Crippen molar-refractivity contribution in [1.29, 1.82) is 0 Å². The zero-order chi connectivity index (χ0) is 18.6. The van der Waals surface area contributed by atoms with Gasteiger partial charge in [0.15, 0.2) is 9.84 Å². The highest BCUT2D eigenvalue weighted by atomic mass is 35.5. The van der Waals surface area contributed by atoms with Crippen molar-refractivity contribution in [2.45, 2.75) is 32.4 Å². The Hall–Kier alpha value is -1.60. The molecule has 1 aliphatic heterocycles. The largest absolute Gasteiger partial charge is 0.342 e. The molecule has 1 saturated heterocycles. The molecule has 1 unspecified atom stereocenters. The molecule has 0 spiro atoms. The minimum absolute atomic E-state index is 0.0191. The quantitative estimate of drug-likeness (QED) is 0.746. The summed E-state index contributed by atoms with van der Waals surface area (Å²) in [6.07, 6.45) is 0.623. The first-order chi connectivity index (χ1) is 11.7. The number of rotatable bonds is 6. The van der Waals surface area contributed by atoms with Gasteiger partial charge >= 0.3 is 0 Å². The molecular weight excluding hydrogens is 364 g/mol. The molecule has 0 bridgehead atoms. The summed E-state index contributed by atoms with van der Waals surface area (Å²) in [6.45, 7) is 2.06. The molecule has 2 amide bonds. The van der Waals surface area contributed by atoms with Crippen molar-refractivity contribution in [3.63, 3.8) is 0 Å². The summed E-state index contributed by atoms with van der Waals surface area (Å²) in [6, 6.07) is 6.99. The lowest BCUT2D eigenvalue weighted by molar-refractivity contribution is -0.134. The van der Waals surface area contributed by atoms with E-state index in [4.69, 9.17) is 11.6 Å². The maximum absolute atomic E-state index is 12.4. The number of hydrogen-bond donors (Lipinski definition) is 0.